The summed E-state index contributed by atoms with van der Waals surface area (Å²) in [5.74, 6) is 0.835. The molecule has 39 heavy (non-hydrogen) atoms. The van der Waals surface area contributed by atoms with E-state index in [1.54, 1.807) is 18.9 Å². The average molecular weight is 522 g/mol. The first-order chi connectivity index (χ1) is 19.0. The molecule has 0 saturated carbocycles. The molecule has 1 aliphatic carbocycles. The van der Waals surface area contributed by atoms with Crippen molar-refractivity contribution in [2.24, 2.45) is 0 Å². The fraction of sp³-hybridized carbons (Fsp3) is 0.333. The number of amides is 1. The molecule has 6 heteroatoms. The van der Waals surface area contributed by atoms with Gasteiger partial charge in [-0.05, 0) is 79.1 Å². The quantitative estimate of drug-likeness (QED) is 0.419. The Morgan fingerprint density at radius 1 is 0.872 bits per heavy atom. The van der Waals surface area contributed by atoms with Crippen molar-refractivity contribution in [3.05, 3.63) is 95.2 Å². The topological polar surface area (TPSA) is 61.9 Å². The summed E-state index contributed by atoms with van der Waals surface area (Å²) in [5.41, 5.74) is 6.48. The number of fused-ring (bicyclic) bond motifs is 1. The van der Waals surface area contributed by atoms with Gasteiger partial charge in [-0.25, -0.2) is 0 Å². The molecule has 6 rings (SSSR count). The Morgan fingerprint density at radius 2 is 1.56 bits per heavy atom. The number of nitrogens with one attached hydrogen (secondary N) is 1. The van der Waals surface area contributed by atoms with E-state index >= 15 is 0 Å². The minimum Gasteiger partial charge on any atom is -0.497 e. The van der Waals surface area contributed by atoms with Crippen LogP contribution >= 0.6 is 0 Å². The van der Waals surface area contributed by atoms with Crippen LogP contribution in [0.15, 0.2) is 84.1 Å². The molecule has 2 atom stereocenters. The van der Waals surface area contributed by atoms with Crippen LogP contribution in [0.4, 0.5) is 17.1 Å². The number of nitrogens with zero attached hydrogens (tertiary/aromatic N) is 2. The minimum atomic E-state index is -0.492. The normalized spacial score (nSPS) is 21.0. The third kappa shape index (κ3) is 4.80. The average Bonchev–Trinajstić information content (AvgIpc) is 3.12. The van der Waals surface area contributed by atoms with Gasteiger partial charge in [-0.2, -0.15) is 0 Å². The highest BCUT2D eigenvalue weighted by Gasteiger charge is 2.40. The third-order valence-corrected chi connectivity index (χ3v) is 8.35. The molecule has 0 bridgehead atoms. The maximum absolute atomic E-state index is 14.0. The summed E-state index contributed by atoms with van der Waals surface area (Å²) in [7, 11) is 1.66. The lowest BCUT2D eigenvalue weighted by Gasteiger charge is -2.35. The fourth-order valence-corrected chi connectivity index (χ4v) is 6.39. The number of ether oxygens (including phenoxy) is 1. The van der Waals surface area contributed by atoms with Gasteiger partial charge in [0.05, 0.1) is 24.5 Å². The van der Waals surface area contributed by atoms with Crippen LogP contribution in [0.25, 0.3) is 0 Å². The molecule has 2 heterocycles. The van der Waals surface area contributed by atoms with E-state index in [-0.39, 0.29) is 17.6 Å². The van der Waals surface area contributed by atoms with E-state index in [4.69, 9.17) is 4.74 Å². The van der Waals surface area contributed by atoms with E-state index in [0.717, 1.165) is 47.0 Å². The Morgan fingerprint density at radius 3 is 2.26 bits per heavy atom. The maximum atomic E-state index is 14.0. The first-order valence-electron chi connectivity index (χ1n) is 13.9. The zero-order valence-electron chi connectivity index (χ0n) is 22.7. The van der Waals surface area contributed by atoms with Crippen LogP contribution in [0.3, 0.4) is 0 Å². The summed E-state index contributed by atoms with van der Waals surface area (Å²) >= 11 is 0. The number of anilines is 3. The second-order valence-corrected chi connectivity index (χ2v) is 10.8. The number of ketones is 1. The van der Waals surface area contributed by atoms with E-state index in [2.05, 4.69) is 34.5 Å². The monoisotopic (exact) mass is 521 g/mol. The SMILES string of the molecule is COc1ccc(C2CC(=O)C3=C(C2)Nc2ccccc2N(C(C)=O)C3c2ccc(N3CCCCC3)cc2)cc1. The molecule has 3 aromatic rings. The molecular formula is C33H35N3O3. The van der Waals surface area contributed by atoms with Crippen molar-refractivity contribution in [3.63, 3.8) is 0 Å². The largest absolute Gasteiger partial charge is 0.497 e. The predicted octanol–water partition coefficient (Wildman–Crippen LogP) is 6.61. The molecule has 1 amide bonds. The second kappa shape index (κ2) is 10.6. The molecule has 2 aliphatic heterocycles. The summed E-state index contributed by atoms with van der Waals surface area (Å²) in [4.78, 5) is 31.5. The highest BCUT2D eigenvalue weighted by molar-refractivity contribution is 6.06. The van der Waals surface area contributed by atoms with Gasteiger partial charge in [0.25, 0.3) is 0 Å². The molecule has 3 aromatic carbocycles. The Labute approximate surface area is 230 Å². The van der Waals surface area contributed by atoms with Gasteiger partial charge in [0.1, 0.15) is 5.75 Å². The Bertz CT molecular complexity index is 1400. The number of methoxy groups -OCH3 is 1. The molecule has 2 unspecified atom stereocenters. The smallest absolute Gasteiger partial charge is 0.224 e. The van der Waals surface area contributed by atoms with Gasteiger partial charge in [-0.3, -0.25) is 14.5 Å². The number of carbonyl (C=O) groups excluding carboxylic acids is 2. The summed E-state index contributed by atoms with van der Waals surface area (Å²) in [6.07, 6.45) is 4.80. The van der Waals surface area contributed by atoms with Crippen LogP contribution in [0.5, 0.6) is 5.75 Å². The first-order valence-corrected chi connectivity index (χ1v) is 13.9. The van der Waals surface area contributed by atoms with Crippen molar-refractivity contribution < 1.29 is 14.3 Å². The van der Waals surface area contributed by atoms with E-state index in [1.165, 1.54) is 24.9 Å². The number of para-hydroxylation sites is 2. The number of rotatable bonds is 4. The van der Waals surface area contributed by atoms with Gasteiger partial charge in [0.15, 0.2) is 5.78 Å². The lowest BCUT2D eigenvalue weighted by Crippen LogP contribution is -2.37. The summed E-state index contributed by atoms with van der Waals surface area (Å²) in [5, 5.41) is 3.59. The Balaban J connectivity index is 1.44. The predicted molar refractivity (Wildman–Crippen MR) is 155 cm³/mol. The van der Waals surface area contributed by atoms with Crippen LogP contribution < -0.4 is 19.9 Å². The molecule has 0 aromatic heterocycles. The minimum absolute atomic E-state index is 0.0489. The molecule has 3 aliphatic rings. The molecule has 200 valence electrons. The van der Waals surface area contributed by atoms with E-state index in [1.807, 2.05) is 48.5 Å². The van der Waals surface area contributed by atoms with Crippen LogP contribution in [-0.4, -0.2) is 31.9 Å². The number of carbonyl (C=O) groups is 2. The zero-order valence-corrected chi connectivity index (χ0v) is 22.7. The Kier molecular flexibility index (Phi) is 6.86. The molecular weight excluding hydrogens is 486 g/mol. The van der Waals surface area contributed by atoms with Crippen LogP contribution in [0, 0.1) is 0 Å². The van der Waals surface area contributed by atoms with Gasteiger partial charge < -0.3 is 15.0 Å². The highest BCUT2D eigenvalue weighted by atomic mass is 16.5. The van der Waals surface area contributed by atoms with Crippen molar-refractivity contribution in [2.75, 3.05) is 35.3 Å². The fourth-order valence-electron chi connectivity index (χ4n) is 6.39. The van der Waals surface area contributed by atoms with Gasteiger partial charge in [0, 0.05) is 43.4 Å². The number of piperidine rings is 1. The number of hydrogen-bond acceptors (Lipinski definition) is 5. The van der Waals surface area contributed by atoms with E-state index < -0.39 is 6.04 Å². The van der Waals surface area contributed by atoms with Crippen molar-refractivity contribution in [2.45, 2.75) is 51.0 Å². The highest BCUT2D eigenvalue weighted by Crippen LogP contribution is 2.47. The number of benzene rings is 3. The van der Waals surface area contributed by atoms with E-state index in [0.29, 0.717) is 18.4 Å². The van der Waals surface area contributed by atoms with Crippen molar-refractivity contribution in [1.29, 1.82) is 0 Å². The van der Waals surface area contributed by atoms with Gasteiger partial charge >= 0.3 is 0 Å². The van der Waals surface area contributed by atoms with Crippen molar-refractivity contribution in [3.8, 4) is 5.75 Å². The zero-order chi connectivity index (χ0) is 26.9. The molecule has 1 fully saturated rings. The lowest BCUT2D eigenvalue weighted by molar-refractivity contribution is -0.117. The Hall–Kier alpha value is -4.06. The van der Waals surface area contributed by atoms with Crippen LogP contribution in [-0.2, 0) is 9.59 Å². The molecule has 0 spiro atoms. The van der Waals surface area contributed by atoms with Crippen molar-refractivity contribution >= 4 is 28.8 Å². The van der Waals surface area contributed by atoms with E-state index in [9.17, 15) is 9.59 Å². The van der Waals surface area contributed by atoms with Crippen LogP contribution in [0.1, 0.15) is 62.1 Å². The summed E-state index contributed by atoms with van der Waals surface area (Å²) in [6, 6.07) is 23.9. The molecule has 1 saturated heterocycles. The number of hydrogen-bond donors (Lipinski definition) is 1. The summed E-state index contributed by atoms with van der Waals surface area (Å²) < 4.78 is 5.33. The summed E-state index contributed by atoms with van der Waals surface area (Å²) in [6.45, 7) is 3.73. The van der Waals surface area contributed by atoms with Crippen LogP contribution in [0.2, 0.25) is 0 Å². The van der Waals surface area contributed by atoms with Gasteiger partial charge in [-0.1, -0.05) is 36.4 Å². The second-order valence-electron chi connectivity index (χ2n) is 10.8. The molecule has 1 N–H and O–H groups in total. The standard InChI is InChI=1S/C33H35N3O3/c1-22(37)36-30-9-5-4-8-28(30)34-29-20-25(23-12-16-27(39-2)17-13-23)21-31(38)32(29)33(36)24-10-14-26(15-11-24)35-18-6-3-7-19-35/h4-5,8-17,25,33-34H,3,6-7,18-21H2,1-2H3. The van der Waals surface area contributed by atoms with Crippen molar-refractivity contribution in [1.82, 2.24) is 0 Å². The number of Topliss-reactive ketones (excluding diaryl/α,β-unsaturated/α-hetero) is 1. The molecule has 0 radical (unpaired) electrons. The van der Waals surface area contributed by atoms with Gasteiger partial charge in [-0.15, -0.1) is 0 Å². The lowest BCUT2D eigenvalue weighted by atomic mass is 9.78. The van der Waals surface area contributed by atoms with Gasteiger partial charge in [0.2, 0.25) is 5.91 Å². The first kappa shape index (κ1) is 25.2. The third-order valence-electron chi connectivity index (χ3n) is 8.35. The number of allylic oxidation sites excluding steroid dienone is 1. The molecule has 6 nitrogen and oxygen atoms in total. The maximum Gasteiger partial charge on any atom is 0.224 e.